The topological polar surface area (TPSA) is 46.6 Å². The number of unbranched alkanes of at least 4 members (excludes halogenated alkanes) is 1. The lowest BCUT2D eigenvalue weighted by molar-refractivity contribution is -0.129. The fourth-order valence-electron chi connectivity index (χ4n) is 4.30. The molecule has 1 aliphatic heterocycles. The number of ether oxygens (including phenoxy) is 1. The molecule has 1 unspecified atom stereocenters. The third kappa shape index (κ3) is 7.54. The summed E-state index contributed by atoms with van der Waals surface area (Å²) in [5.74, 6) is 0.918. The molecule has 4 rings (SSSR count). The molecule has 166 valence electrons. The smallest absolute Gasteiger partial charge is 0.416 e. The summed E-state index contributed by atoms with van der Waals surface area (Å²) in [6.45, 7) is 2.62. The molecule has 1 atom stereocenters. The van der Waals surface area contributed by atoms with Crippen LogP contribution in [0, 0.1) is 5.92 Å². The Labute approximate surface area is 186 Å². The zero-order valence-corrected chi connectivity index (χ0v) is 18.7. The van der Waals surface area contributed by atoms with E-state index in [9.17, 15) is 9.59 Å². The van der Waals surface area contributed by atoms with Crippen LogP contribution in [0.15, 0.2) is 60.7 Å². The van der Waals surface area contributed by atoms with Crippen molar-refractivity contribution in [1.29, 1.82) is 0 Å². The Hall–Kier alpha value is -2.62. The van der Waals surface area contributed by atoms with E-state index in [-0.39, 0.29) is 18.6 Å². The lowest BCUT2D eigenvalue weighted by Gasteiger charge is -2.19. The van der Waals surface area contributed by atoms with Crippen molar-refractivity contribution in [3.05, 3.63) is 71.8 Å². The summed E-state index contributed by atoms with van der Waals surface area (Å²) in [4.78, 5) is 25.8. The summed E-state index contributed by atoms with van der Waals surface area (Å²) in [5, 5.41) is 0. The number of cyclic esters (lactones) is 1. The first-order valence-corrected chi connectivity index (χ1v) is 11.7. The molecule has 2 aliphatic rings. The van der Waals surface area contributed by atoms with Gasteiger partial charge in [0.25, 0.3) is 0 Å². The van der Waals surface area contributed by atoms with E-state index in [1.165, 1.54) is 36.1 Å². The van der Waals surface area contributed by atoms with Crippen LogP contribution >= 0.6 is 0 Å². The average Bonchev–Trinajstić information content (AvgIpc) is 3.41. The lowest BCUT2D eigenvalue weighted by atomic mass is 10.0. The molecule has 4 heteroatoms. The van der Waals surface area contributed by atoms with E-state index in [2.05, 4.69) is 19.1 Å². The van der Waals surface area contributed by atoms with Gasteiger partial charge in [-0.05, 0) is 42.7 Å². The predicted molar refractivity (Wildman–Crippen MR) is 124 cm³/mol. The van der Waals surface area contributed by atoms with Crippen LogP contribution in [0.2, 0.25) is 0 Å². The first kappa shape index (κ1) is 23.1. The summed E-state index contributed by atoms with van der Waals surface area (Å²) in [6.07, 6.45) is 9.12. The molecule has 1 saturated heterocycles. The molecular formula is C27H35NO3. The molecule has 2 amide bonds. The van der Waals surface area contributed by atoms with Crippen molar-refractivity contribution in [3.63, 3.8) is 0 Å². The van der Waals surface area contributed by atoms with Gasteiger partial charge in [0.2, 0.25) is 5.91 Å². The molecule has 1 aliphatic carbocycles. The van der Waals surface area contributed by atoms with Crippen molar-refractivity contribution in [2.45, 2.75) is 70.8 Å². The number of rotatable bonds is 7. The van der Waals surface area contributed by atoms with Crippen molar-refractivity contribution in [2.24, 2.45) is 5.92 Å². The standard InChI is InChI=1S/C21H23NO3.C6H12/c23-20(14-8-7-11-17-9-3-1-4-10-17)22-19(16-25-21(22)24)15-18-12-5-2-6-13-18;1-6-4-2-3-5-6/h1-6,9-10,12-13,19H,7-8,11,14-16H2;6H,2-5H2,1H3. The molecule has 1 saturated carbocycles. The highest BCUT2D eigenvalue weighted by Gasteiger charge is 2.37. The molecule has 31 heavy (non-hydrogen) atoms. The van der Waals surface area contributed by atoms with Gasteiger partial charge < -0.3 is 4.74 Å². The van der Waals surface area contributed by atoms with E-state index in [1.54, 1.807) is 0 Å². The first-order chi connectivity index (χ1) is 15.1. The van der Waals surface area contributed by atoms with Crippen LogP contribution in [0.1, 0.15) is 63.0 Å². The molecule has 2 aromatic carbocycles. The van der Waals surface area contributed by atoms with Gasteiger partial charge in [-0.1, -0.05) is 93.3 Å². The van der Waals surface area contributed by atoms with Crippen molar-refractivity contribution in [1.82, 2.24) is 4.90 Å². The van der Waals surface area contributed by atoms with Crippen LogP contribution in [0.25, 0.3) is 0 Å². The Morgan fingerprint density at radius 2 is 1.55 bits per heavy atom. The van der Waals surface area contributed by atoms with Gasteiger partial charge in [0.1, 0.15) is 6.61 Å². The number of aryl methyl sites for hydroxylation is 1. The summed E-state index contributed by atoms with van der Waals surface area (Å²) in [7, 11) is 0. The van der Waals surface area contributed by atoms with Gasteiger partial charge in [-0.2, -0.15) is 0 Å². The van der Waals surface area contributed by atoms with E-state index in [4.69, 9.17) is 4.74 Å². The second kappa shape index (κ2) is 12.3. The Morgan fingerprint density at radius 3 is 2.13 bits per heavy atom. The van der Waals surface area contributed by atoms with Crippen LogP contribution in [-0.2, 0) is 22.4 Å². The van der Waals surface area contributed by atoms with Crippen LogP contribution in [0.5, 0.6) is 0 Å². The molecule has 0 N–H and O–H groups in total. The molecule has 0 aromatic heterocycles. The third-order valence-corrected chi connectivity index (χ3v) is 6.14. The maximum Gasteiger partial charge on any atom is 0.416 e. The highest BCUT2D eigenvalue weighted by molar-refractivity contribution is 5.93. The van der Waals surface area contributed by atoms with Crippen molar-refractivity contribution < 1.29 is 14.3 Å². The Kier molecular flexibility index (Phi) is 9.14. The van der Waals surface area contributed by atoms with Gasteiger partial charge >= 0.3 is 6.09 Å². The zero-order chi connectivity index (χ0) is 21.9. The molecule has 4 nitrogen and oxygen atoms in total. The molecule has 0 bridgehead atoms. The SMILES string of the molecule is CC1CCCC1.O=C(CCCCc1ccccc1)N1C(=O)OCC1Cc1ccccc1. The minimum absolute atomic E-state index is 0.128. The maximum absolute atomic E-state index is 12.5. The minimum Gasteiger partial charge on any atom is -0.447 e. The Bertz CT molecular complexity index is 800. The van der Waals surface area contributed by atoms with Gasteiger partial charge in [-0.3, -0.25) is 4.79 Å². The van der Waals surface area contributed by atoms with Crippen LogP contribution < -0.4 is 0 Å². The highest BCUT2D eigenvalue weighted by Crippen LogP contribution is 2.23. The second-order valence-electron chi connectivity index (χ2n) is 8.77. The molecule has 2 aromatic rings. The number of hydrogen-bond acceptors (Lipinski definition) is 3. The van der Waals surface area contributed by atoms with E-state index in [0.29, 0.717) is 12.8 Å². The van der Waals surface area contributed by atoms with E-state index in [0.717, 1.165) is 30.7 Å². The number of carbonyl (C=O) groups is 2. The number of benzene rings is 2. The summed E-state index contributed by atoms with van der Waals surface area (Å²) in [6, 6.07) is 19.9. The van der Waals surface area contributed by atoms with Crippen LogP contribution in [0.3, 0.4) is 0 Å². The molecule has 1 heterocycles. The third-order valence-electron chi connectivity index (χ3n) is 6.14. The maximum atomic E-state index is 12.5. The van der Waals surface area contributed by atoms with Crippen LogP contribution in [-0.4, -0.2) is 29.5 Å². The van der Waals surface area contributed by atoms with E-state index in [1.807, 2.05) is 48.5 Å². The molecular weight excluding hydrogens is 386 g/mol. The van der Waals surface area contributed by atoms with Gasteiger partial charge in [0.05, 0.1) is 6.04 Å². The average molecular weight is 422 g/mol. The highest BCUT2D eigenvalue weighted by atomic mass is 16.6. The first-order valence-electron chi connectivity index (χ1n) is 11.7. The number of amides is 2. The second-order valence-corrected chi connectivity index (χ2v) is 8.77. The Morgan fingerprint density at radius 1 is 0.935 bits per heavy atom. The number of nitrogens with zero attached hydrogens (tertiary/aromatic N) is 1. The predicted octanol–water partition coefficient (Wildman–Crippen LogP) is 6.19. The van der Waals surface area contributed by atoms with E-state index >= 15 is 0 Å². The molecule has 2 fully saturated rings. The van der Waals surface area contributed by atoms with Gasteiger partial charge in [0, 0.05) is 6.42 Å². The fourth-order valence-corrected chi connectivity index (χ4v) is 4.30. The number of hydrogen-bond donors (Lipinski definition) is 0. The minimum atomic E-state index is -0.506. The number of carbonyl (C=O) groups excluding carboxylic acids is 2. The Balaban J connectivity index is 0.000000391. The normalized spacial score (nSPS) is 18.4. The summed E-state index contributed by atoms with van der Waals surface area (Å²) < 4.78 is 5.11. The number of imide groups is 1. The monoisotopic (exact) mass is 421 g/mol. The van der Waals surface area contributed by atoms with Crippen molar-refractivity contribution in [3.8, 4) is 0 Å². The van der Waals surface area contributed by atoms with E-state index < -0.39 is 6.09 Å². The van der Waals surface area contributed by atoms with Crippen molar-refractivity contribution >= 4 is 12.0 Å². The van der Waals surface area contributed by atoms with Crippen LogP contribution in [0.4, 0.5) is 4.79 Å². The van der Waals surface area contributed by atoms with Gasteiger partial charge in [-0.15, -0.1) is 0 Å². The fraction of sp³-hybridized carbons (Fsp3) is 0.481. The molecule has 0 radical (unpaired) electrons. The van der Waals surface area contributed by atoms with Gasteiger partial charge in [-0.25, -0.2) is 9.69 Å². The zero-order valence-electron chi connectivity index (χ0n) is 18.7. The van der Waals surface area contributed by atoms with Gasteiger partial charge in [0.15, 0.2) is 0 Å². The molecule has 0 spiro atoms. The largest absolute Gasteiger partial charge is 0.447 e. The summed E-state index contributed by atoms with van der Waals surface area (Å²) >= 11 is 0. The summed E-state index contributed by atoms with van der Waals surface area (Å²) in [5.41, 5.74) is 2.38. The van der Waals surface area contributed by atoms with Crippen molar-refractivity contribution in [2.75, 3.05) is 6.61 Å². The quantitative estimate of drug-likeness (QED) is 0.501. The lowest BCUT2D eigenvalue weighted by Crippen LogP contribution is -2.40.